The summed E-state index contributed by atoms with van der Waals surface area (Å²) < 4.78 is 5.51. The fraction of sp³-hybridized carbons (Fsp3) is 0.632. The van der Waals surface area contributed by atoms with Crippen molar-refractivity contribution >= 4 is 17.6 Å². The van der Waals surface area contributed by atoms with Gasteiger partial charge >= 0.3 is 0 Å². The van der Waals surface area contributed by atoms with Gasteiger partial charge in [-0.3, -0.25) is 9.89 Å². The zero-order chi connectivity index (χ0) is 18.1. The summed E-state index contributed by atoms with van der Waals surface area (Å²) in [7, 11) is 1.81. The van der Waals surface area contributed by atoms with Crippen LogP contribution in [-0.4, -0.2) is 57.3 Å². The molecule has 0 radical (unpaired) electrons. The smallest absolute Gasteiger partial charge is 0.191 e. The van der Waals surface area contributed by atoms with E-state index in [0.29, 0.717) is 5.92 Å². The maximum Gasteiger partial charge on any atom is 0.191 e. The summed E-state index contributed by atoms with van der Waals surface area (Å²) in [5.41, 5.74) is 1.15. The van der Waals surface area contributed by atoms with Crippen LogP contribution in [0, 0.1) is 5.92 Å². The summed E-state index contributed by atoms with van der Waals surface area (Å²) in [6, 6.07) is 8.28. The van der Waals surface area contributed by atoms with Gasteiger partial charge in [0.15, 0.2) is 5.96 Å². The second-order valence-electron chi connectivity index (χ2n) is 6.75. The maximum atomic E-state index is 6.47. The normalized spacial score (nSPS) is 17.6. The molecule has 1 aromatic rings. The molecule has 1 aliphatic rings. The molecule has 1 heterocycles. The Bertz CT molecular complexity index is 544. The average molecular weight is 367 g/mol. The van der Waals surface area contributed by atoms with Crippen molar-refractivity contribution in [1.29, 1.82) is 0 Å². The van der Waals surface area contributed by atoms with Gasteiger partial charge in [0.1, 0.15) is 0 Å². The van der Waals surface area contributed by atoms with Crippen molar-refractivity contribution in [1.82, 2.24) is 15.5 Å². The molecule has 0 amide bonds. The van der Waals surface area contributed by atoms with Gasteiger partial charge in [0.05, 0.1) is 19.3 Å². The number of nitrogens with one attached hydrogen (secondary N) is 2. The highest BCUT2D eigenvalue weighted by atomic mass is 35.5. The number of ether oxygens (including phenoxy) is 1. The molecule has 1 atom stereocenters. The molecule has 5 nitrogen and oxygen atoms in total. The lowest BCUT2D eigenvalue weighted by Crippen LogP contribution is -2.46. The molecule has 0 aliphatic carbocycles. The Kier molecular flexibility index (Phi) is 8.52. The Morgan fingerprint density at radius 1 is 1.24 bits per heavy atom. The predicted octanol–water partition coefficient (Wildman–Crippen LogP) is 2.92. The van der Waals surface area contributed by atoms with Crippen molar-refractivity contribution in [2.75, 3.05) is 46.4 Å². The fourth-order valence-electron chi connectivity index (χ4n) is 2.96. The first-order valence-electron chi connectivity index (χ1n) is 9.12. The standard InChI is InChI=1S/C19H31ClN4O/c1-15(2)8-9-22-19(21-3)23-14-18(24-10-12-25-13-11-24)16-6-4-5-7-17(16)20/h4-7,15,18H,8-14H2,1-3H3,(H2,21,22,23). The van der Waals surface area contributed by atoms with Gasteiger partial charge in [-0.2, -0.15) is 0 Å². The number of morpholine rings is 1. The molecule has 0 aromatic heterocycles. The highest BCUT2D eigenvalue weighted by Gasteiger charge is 2.24. The molecule has 1 fully saturated rings. The lowest BCUT2D eigenvalue weighted by Gasteiger charge is -2.35. The molecule has 0 bridgehead atoms. The first kappa shape index (κ1) is 20.0. The van der Waals surface area contributed by atoms with Gasteiger partial charge in [-0.1, -0.05) is 43.6 Å². The third-order valence-electron chi connectivity index (χ3n) is 4.45. The highest BCUT2D eigenvalue weighted by Crippen LogP contribution is 2.27. The first-order valence-corrected chi connectivity index (χ1v) is 9.50. The summed E-state index contributed by atoms with van der Waals surface area (Å²) in [6.45, 7) is 9.49. The van der Waals surface area contributed by atoms with Gasteiger partial charge < -0.3 is 15.4 Å². The molecule has 1 unspecified atom stereocenters. The van der Waals surface area contributed by atoms with Crippen LogP contribution in [0.5, 0.6) is 0 Å². The van der Waals surface area contributed by atoms with E-state index in [9.17, 15) is 0 Å². The number of guanidine groups is 1. The minimum absolute atomic E-state index is 0.196. The van der Waals surface area contributed by atoms with E-state index in [4.69, 9.17) is 16.3 Å². The summed E-state index contributed by atoms with van der Waals surface area (Å²) >= 11 is 6.47. The number of benzene rings is 1. The SMILES string of the molecule is CN=C(NCCC(C)C)NCC(c1ccccc1Cl)N1CCOCC1. The van der Waals surface area contributed by atoms with E-state index in [-0.39, 0.29) is 6.04 Å². The molecule has 1 aliphatic heterocycles. The molecule has 0 saturated carbocycles. The topological polar surface area (TPSA) is 48.9 Å². The maximum absolute atomic E-state index is 6.47. The Morgan fingerprint density at radius 3 is 2.60 bits per heavy atom. The number of halogens is 1. The third-order valence-corrected chi connectivity index (χ3v) is 4.80. The number of rotatable bonds is 7. The monoisotopic (exact) mass is 366 g/mol. The van der Waals surface area contributed by atoms with Crippen LogP contribution in [0.25, 0.3) is 0 Å². The third kappa shape index (κ3) is 6.49. The minimum atomic E-state index is 0.196. The van der Waals surface area contributed by atoms with Crippen LogP contribution in [-0.2, 0) is 4.74 Å². The average Bonchev–Trinajstić information content (AvgIpc) is 2.62. The second-order valence-corrected chi connectivity index (χ2v) is 7.16. The largest absolute Gasteiger partial charge is 0.379 e. The van der Waals surface area contributed by atoms with E-state index in [1.54, 1.807) is 0 Å². The van der Waals surface area contributed by atoms with Gasteiger partial charge in [0.2, 0.25) is 0 Å². The Hall–Kier alpha value is -1.30. The van der Waals surface area contributed by atoms with Gasteiger partial charge in [-0.05, 0) is 24.0 Å². The number of aliphatic imine (C=N–C) groups is 1. The van der Waals surface area contributed by atoms with Gasteiger partial charge in [0.25, 0.3) is 0 Å². The molecule has 6 heteroatoms. The number of hydrogen-bond acceptors (Lipinski definition) is 3. The molecular formula is C19H31ClN4O. The highest BCUT2D eigenvalue weighted by molar-refractivity contribution is 6.31. The number of hydrogen-bond donors (Lipinski definition) is 2. The van der Waals surface area contributed by atoms with Crippen molar-refractivity contribution in [3.05, 3.63) is 34.9 Å². The van der Waals surface area contributed by atoms with Crippen LogP contribution in [0.15, 0.2) is 29.3 Å². The van der Waals surface area contributed by atoms with E-state index in [2.05, 4.69) is 40.4 Å². The molecular weight excluding hydrogens is 336 g/mol. The Labute approximate surface area is 156 Å². The van der Waals surface area contributed by atoms with E-state index in [1.807, 2.05) is 25.2 Å². The van der Waals surface area contributed by atoms with Crippen LogP contribution in [0.2, 0.25) is 5.02 Å². The fourth-order valence-corrected chi connectivity index (χ4v) is 3.23. The van der Waals surface area contributed by atoms with Crippen LogP contribution >= 0.6 is 11.6 Å². The minimum Gasteiger partial charge on any atom is -0.379 e. The Balaban J connectivity index is 2.01. The van der Waals surface area contributed by atoms with Gasteiger partial charge in [0, 0.05) is 38.2 Å². The van der Waals surface area contributed by atoms with E-state index < -0.39 is 0 Å². The predicted molar refractivity (Wildman–Crippen MR) is 105 cm³/mol. The van der Waals surface area contributed by atoms with Gasteiger partial charge in [-0.15, -0.1) is 0 Å². The van der Waals surface area contributed by atoms with E-state index in [1.165, 1.54) is 0 Å². The van der Waals surface area contributed by atoms with Crippen molar-refractivity contribution in [3.63, 3.8) is 0 Å². The zero-order valence-corrected chi connectivity index (χ0v) is 16.4. The summed E-state index contributed by atoms with van der Waals surface area (Å²) in [4.78, 5) is 6.77. The zero-order valence-electron chi connectivity index (χ0n) is 15.6. The van der Waals surface area contributed by atoms with Crippen molar-refractivity contribution in [2.24, 2.45) is 10.9 Å². The Morgan fingerprint density at radius 2 is 1.96 bits per heavy atom. The molecule has 2 rings (SSSR count). The summed E-state index contributed by atoms with van der Waals surface area (Å²) in [5.74, 6) is 1.51. The molecule has 2 N–H and O–H groups in total. The van der Waals surface area contributed by atoms with Gasteiger partial charge in [-0.25, -0.2) is 0 Å². The van der Waals surface area contributed by atoms with E-state index >= 15 is 0 Å². The quantitative estimate of drug-likeness (QED) is 0.575. The van der Waals surface area contributed by atoms with Crippen LogP contribution in [0.1, 0.15) is 31.9 Å². The lowest BCUT2D eigenvalue weighted by molar-refractivity contribution is 0.0170. The van der Waals surface area contributed by atoms with Crippen molar-refractivity contribution in [2.45, 2.75) is 26.3 Å². The molecule has 25 heavy (non-hydrogen) atoms. The first-order chi connectivity index (χ1) is 12.1. The van der Waals surface area contributed by atoms with Crippen LogP contribution in [0.4, 0.5) is 0 Å². The molecule has 1 aromatic carbocycles. The van der Waals surface area contributed by atoms with Crippen molar-refractivity contribution < 1.29 is 4.74 Å². The van der Waals surface area contributed by atoms with Crippen molar-refractivity contribution in [3.8, 4) is 0 Å². The molecule has 0 spiro atoms. The summed E-state index contributed by atoms with van der Waals surface area (Å²) in [5, 5.41) is 7.66. The lowest BCUT2D eigenvalue weighted by atomic mass is 10.0. The second kappa shape index (κ2) is 10.6. The number of nitrogens with zero attached hydrogens (tertiary/aromatic N) is 2. The van der Waals surface area contributed by atoms with Crippen LogP contribution in [0.3, 0.4) is 0 Å². The van der Waals surface area contributed by atoms with Crippen LogP contribution < -0.4 is 10.6 Å². The van der Waals surface area contributed by atoms with E-state index in [0.717, 1.165) is 62.4 Å². The molecule has 140 valence electrons. The summed E-state index contributed by atoms with van der Waals surface area (Å²) in [6.07, 6.45) is 1.12. The molecule has 1 saturated heterocycles.